The van der Waals surface area contributed by atoms with Gasteiger partial charge in [0, 0.05) is 40.6 Å². The third-order valence-corrected chi connectivity index (χ3v) is 6.76. The Bertz CT molecular complexity index is 835. The number of carbonyl (C=O) groups excluding carboxylic acids is 1. The quantitative estimate of drug-likeness (QED) is 0.693. The maximum atomic E-state index is 12.8. The molecule has 0 bridgehead atoms. The van der Waals surface area contributed by atoms with Gasteiger partial charge in [-0.05, 0) is 54.5 Å². The van der Waals surface area contributed by atoms with Crippen LogP contribution in [-0.2, 0) is 14.9 Å². The Kier molecular flexibility index (Phi) is 5.58. The minimum atomic E-state index is -0.0630. The van der Waals surface area contributed by atoms with Gasteiger partial charge in [0.05, 0.1) is 0 Å². The summed E-state index contributed by atoms with van der Waals surface area (Å²) in [7, 11) is 0. The van der Waals surface area contributed by atoms with Crippen molar-refractivity contribution in [3.63, 3.8) is 0 Å². The van der Waals surface area contributed by atoms with E-state index in [1.165, 1.54) is 5.56 Å². The molecule has 2 aliphatic rings. The van der Waals surface area contributed by atoms with E-state index in [1.807, 2.05) is 30.3 Å². The second-order valence-electron chi connectivity index (χ2n) is 7.59. The first-order chi connectivity index (χ1) is 13.1. The van der Waals surface area contributed by atoms with Crippen molar-refractivity contribution in [1.82, 2.24) is 5.32 Å². The molecule has 0 radical (unpaired) electrons. The average Bonchev–Trinajstić information content (AvgIpc) is 3.48. The summed E-state index contributed by atoms with van der Waals surface area (Å²) in [6.45, 7) is 2.11. The number of amides is 1. The van der Waals surface area contributed by atoms with Crippen LogP contribution in [0.15, 0.2) is 53.0 Å². The van der Waals surface area contributed by atoms with E-state index in [0.29, 0.717) is 6.54 Å². The highest BCUT2D eigenvalue weighted by atomic mass is 79.9. The van der Waals surface area contributed by atoms with Crippen LogP contribution in [0.5, 0.6) is 0 Å². The summed E-state index contributed by atoms with van der Waals surface area (Å²) in [5.41, 5.74) is 2.29. The van der Waals surface area contributed by atoms with Crippen molar-refractivity contribution in [3.05, 3.63) is 69.2 Å². The second-order valence-corrected chi connectivity index (χ2v) is 8.91. The fourth-order valence-corrected chi connectivity index (χ4v) is 4.81. The van der Waals surface area contributed by atoms with Crippen LogP contribution in [-0.4, -0.2) is 25.7 Å². The first-order valence-corrected chi connectivity index (χ1v) is 10.6. The van der Waals surface area contributed by atoms with E-state index in [9.17, 15) is 4.79 Å². The van der Waals surface area contributed by atoms with Gasteiger partial charge in [-0.2, -0.15) is 0 Å². The molecule has 1 amide bonds. The summed E-state index contributed by atoms with van der Waals surface area (Å²) in [5.74, 6) is 0.417. The maximum Gasteiger partial charge on any atom is 0.223 e. The second kappa shape index (κ2) is 7.94. The number of hydrogen-bond donors (Lipinski definition) is 1. The van der Waals surface area contributed by atoms with Crippen molar-refractivity contribution in [3.8, 4) is 0 Å². The Balaban J connectivity index is 1.44. The first kappa shape index (κ1) is 19.0. The fourth-order valence-electron chi connectivity index (χ4n) is 4.14. The maximum absolute atomic E-state index is 12.8. The highest BCUT2D eigenvalue weighted by Crippen LogP contribution is 2.49. The summed E-state index contributed by atoms with van der Waals surface area (Å²) in [4.78, 5) is 12.8. The molecule has 2 aromatic rings. The van der Waals surface area contributed by atoms with Gasteiger partial charge in [-0.1, -0.05) is 57.9 Å². The first-order valence-electron chi connectivity index (χ1n) is 9.45. The van der Waals surface area contributed by atoms with E-state index in [2.05, 4.69) is 39.4 Å². The molecule has 2 atom stereocenters. The van der Waals surface area contributed by atoms with Crippen molar-refractivity contribution in [2.24, 2.45) is 5.92 Å². The van der Waals surface area contributed by atoms with Crippen molar-refractivity contribution in [2.75, 3.05) is 19.8 Å². The van der Waals surface area contributed by atoms with Gasteiger partial charge in [-0.15, -0.1) is 0 Å². The number of benzene rings is 2. The molecule has 27 heavy (non-hydrogen) atoms. The molecule has 1 aliphatic carbocycles. The number of rotatable bonds is 5. The highest BCUT2D eigenvalue weighted by Gasteiger charge is 2.45. The molecule has 1 heterocycles. The van der Waals surface area contributed by atoms with Crippen LogP contribution in [0.25, 0.3) is 0 Å². The Morgan fingerprint density at radius 1 is 1.19 bits per heavy atom. The molecule has 2 aromatic carbocycles. The molecule has 5 heteroatoms. The Labute approximate surface area is 173 Å². The molecule has 2 fully saturated rings. The van der Waals surface area contributed by atoms with Gasteiger partial charge in [0.25, 0.3) is 0 Å². The molecule has 4 rings (SSSR count). The zero-order chi connectivity index (χ0) is 18.9. The van der Waals surface area contributed by atoms with E-state index in [-0.39, 0.29) is 23.2 Å². The number of carbonyl (C=O) groups is 1. The summed E-state index contributed by atoms with van der Waals surface area (Å²) in [6, 6.07) is 16.3. The lowest BCUT2D eigenvalue weighted by atomic mass is 9.74. The molecule has 0 aromatic heterocycles. The minimum absolute atomic E-state index is 0.0318. The summed E-state index contributed by atoms with van der Waals surface area (Å²) >= 11 is 9.87. The van der Waals surface area contributed by atoms with E-state index in [1.54, 1.807) is 0 Å². The summed E-state index contributed by atoms with van der Waals surface area (Å²) in [6.07, 6.45) is 2.72. The lowest BCUT2D eigenvalue weighted by molar-refractivity contribution is -0.122. The molecule has 1 aliphatic heterocycles. The summed E-state index contributed by atoms with van der Waals surface area (Å²) < 4.78 is 6.66. The normalized spacial score (nSPS) is 23.6. The topological polar surface area (TPSA) is 38.3 Å². The fraction of sp³-hybridized carbons (Fsp3) is 0.409. The molecule has 142 valence electrons. The molecule has 0 spiro atoms. The molecule has 3 nitrogen and oxygen atoms in total. The molecule has 1 saturated carbocycles. The average molecular weight is 449 g/mol. The van der Waals surface area contributed by atoms with Crippen molar-refractivity contribution in [2.45, 2.75) is 30.6 Å². The van der Waals surface area contributed by atoms with Crippen LogP contribution in [0.1, 0.15) is 36.3 Å². The standard InChI is InChI=1S/C22H23BrClNO2/c23-16-5-3-4-15(12-16)22(8-10-27-11-9-22)14-25-21(26)19-13-18(19)17-6-1-2-7-20(17)24/h1-7,12,18-19H,8-11,13-14H2,(H,25,26). The Hall–Kier alpha value is -1.36. The van der Waals surface area contributed by atoms with Crippen LogP contribution in [0, 0.1) is 5.92 Å². The van der Waals surface area contributed by atoms with E-state index in [4.69, 9.17) is 16.3 Å². The van der Waals surface area contributed by atoms with Crippen LogP contribution in [0.2, 0.25) is 5.02 Å². The lowest BCUT2D eigenvalue weighted by Crippen LogP contribution is -2.45. The Morgan fingerprint density at radius 3 is 2.70 bits per heavy atom. The zero-order valence-electron chi connectivity index (χ0n) is 15.1. The van der Waals surface area contributed by atoms with Crippen molar-refractivity contribution in [1.29, 1.82) is 0 Å². The van der Waals surface area contributed by atoms with Crippen LogP contribution < -0.4 is 5.32 Å². The third kappa shape index (κ3) is 4.08. The van der Waals surface area contributed by atoms with Gasteiger partial charge < -0.3 is 10.1 Å². The lowest BCUT2D eigenvalue weighted by Gasteiger charge is -2.38. The van der Waals surface area contributed by atoms with E-state index in [0.717, 1.165) is 47.5 Å². The van der Waals surface area contributed by atoms with Crippen LogP contribution in [0.4, 0.5) is 0 Å². The van der Waals surface area contributed by atoms with Crippen molar-refractivity contribution >= 4 is 33.4 Å². The molecule has 1 saturated heterocycles. The van der Waals surface area contributed by atoms with Gasteiger partial charge in [0.1, 0.15) is 0 Å². The van der Waals surface area contributed by atoms with Crippen LogP contribution in [0.3, 0.4) is 0 Å². The van der Waals surface area contributed by atoms with Gasteiger partial charge in [-0.3, -0.25) is 4.79 Å². The number of nitrogens with one attached hydrogen (secondary N) is 1. The smallest absolute Gasteiger partial charge is 0.223 e. The van der Waals surface area contributed by atoms with E-state index < -0.39 is 0 Å². The van der Waals surface area contributed by atoms with Gasteiger partial charge in [0.2, 0.25) is 5.91 Å². The molecule has 1 N–H and O–H groups in total. The highest BCUT2D eigenvalue weighted by molar-refractivity contribution is 9.10. The van der Waals surface area contributed by atoms with Gasteiger partial charge >= 0.3 is 0 Å². The number of halogens is 2. The van der Waals surface area contributed by atoms with Crippen LogP contribution >= 0.6 is 27.5 Å². The molecular formula is C22H23BrClNO2. The monoisotopic (exact) mass is 447 g/mol. The van der Waals surface area contributed by atoms with E-state index >= 15 is 0 Å². The van der Waals surface area contributed by atoms with Crippen molar-refractivity contribution < 1.29 is 9.53 Å². The number of ether oxygens (including phenoxy) is 1. The predicted octanol–water partition coefficient (Wildman–Crippen LogP) is 5.07. The zero-order valence-corrected chi connectivity index (χ0v) is 17.4. The van der Waals surface area contributed by atoms with Gasteiger partial charge in [0.15, 0.2) is 0 Å². The third-order valence-electron chi connectivity index (χ3n) is 5.92. The number of hydrogen-bond acceptors (Lipinski definition) is 2. The predicted molar refractivity (Wildman–Crippen MR) is 111 cm³/mol. The Morgan fingerprint density at radius 2 is 1.96 bits per heavy atom. The largest absolute Gasteiger partial charge is 0.381 e. The minimum Gasteiger partial charge on any atom is -0.381 e. The SMILES string of the molecule is O=C(NCC1(c2cccc(Br)c2)CCOCC1)C1CC1c1ccccc1Cl. The molecular weight excluding hydrogens is 426 g/mol. The van der Waals surface area contributed by atoms with Gasteiger partial charge in [-0.25, -0.2) is 0 Å². The molecule has 2 unspecified atom stereocenters. The summed E-state index contributed by atoms with van der Waals surface area (Å²) in [5, 5.41) is 4.00.